The molecule has 0 aromatic heterocycles. The van der Waals surface area contributed by atoms with Crippen LogP contribution in [0.1, 0.15) is 58.2 Å². The van der Waals surface area contributed by atoms with E-state index in [0.29, 0.717) is 35.3 Å². The summed E-state index contributed by atoms with van der Waals surface area (Å²) in [5, 5.41) is 43.2. The van der Waals surface area contributed by atoms with Crippen molar-refractivity contribution in [2.75, 3.05) is 37.7 Å². The fourth-order valence-electron chi connectivity index (χ4n) is 3.71. The number of carbonyl (C=O) groups excluding carboxylic acids is 3. The van der Waals surface area contributed by atoms with Gasteiger partial charge in [-0.15, -0.1) is 0 Å². The second kappa shape index (κ2) is 12.5. The minimum absolute atomic E-state index is 0.160. The van der Waals surface area contributed by atoms with Gasteiger partial charge in [0.15, 0.2) is 0 Å². The Labute approximate surface area is 188 Å². The normalized spacial score (nSPS) is 12.8. The molecule has 0 saturated heterocycles. The second-order valence-electron chi connectivity index (χ2n) is 7.55. The van der Waals surface area contributed by atoms with Crippen molar-refractivity contribution in [1.82, 2.24) is 10.6 Å². The van der Waals surface area contributed by atoms with Crippen molar-refractivity contribution in [3.8, 4) is 0 Å². The molecule has 0 bridgehead atoms. The van der Waals surface area contributed by atoms with Crippen LogP contribution in [0.25, 0.3) is 0 Å². The van der Waals surface area contributed by atoms with Gasteiger partial charge >= 0.3 is 0 Å². The Morgan fingerprint density at radius 1 is 0.906 bits per heavy atom. The summed E-state index contributed by atoms with van der Waals surface area (Å²) in [6, 6.07) is 0. The van der Waals surface area contributed by atoms with Crippen molar-refractivity contribution < 1.29 is 34.8 Å². The third-order valence-electron chi connectivity index (χ3n) is 5.18. The molecule has 6 N–H and O–H groups in total. The molecule has 1 aromatic carbocycles. The number of amides is 3. The van der Waals surface area contributed by atoms with Crippen LogP contribution in [-0.2, 0) is 11.2 Å². The molecular formula is C22H35N3O7. The van der Waals surface area contributed by atoms with Crippen molar-refractivity contribution >= 4 is 23.4 Å². The number of aliphatic hydroxyl groups is 4. The predicted octanol–water partition coefficient (Wildman–Crippen LogP) is -0.595. The first kappa shape index (κ1) is 27.5. The first-order valence-corrected chi connectivity index (χ1v) is 10.6. The molecule has 0 spiro atoms. The molecule has 2 atom stereocenters. The summed E-state index contributed by atoms with van der Waals surface area (Å²) in [5.41, 5.74) is 2.12. The van der Waals surface area contributed by atoms with E-state index in [-0.39, 0.29) is 24.2 Å². The van der Waals surface area contributed by atoms with Gasteiger partial charge in [0, 0.05) is 31.1 Å². The van der Waals surface area contributed by atoms with Gasteiger partial charge in [0.25, 0.3) is 11.8 Å². The molecule has 2 unspecified atom stereocenters. The molecule has 10 nitrogen and oxygen atoms in total. The summed E-state index contributed by atoms with van der Waals surface area (Å²) >= 11 is 0. The lowest BCUT2D eigenvalue weighted by Crippen LogP contribution is -2.40. The summed E-state index contributed by atoms with van der Waals surface area (Å²) in [7, 11) is 0. The van der Waals surface area contributed by atoms with Crippen LogP contribution in [0.4, 0.5) is 5.69 Å². The number of nitrogens with one attached hydrogen (secondary N) is 2. The lowest BCUT2D eigenvalue weighted by atomic mass is 9.87. The van der Waals surface area contributed by atoms with Gasteiger partial charge in [-0.3, -0.25) is 14.4 Å². The van der Waals surface area contributed by atoms with Gasteiger partial charge < -0.3 is 36.0 Å². The maximum absolute atomic E-state index is 13.0. The zero-order chi connectivity index (χ0) is 24.6. The summed E-state index contributed by atoms with van der Waals surface area (Å²) in [5.74, 6) is -1.41. The maximum Gasteiger partial charge on any atom is 0.252 e. The van der Waals surface area contributed by atoms with Gasteiger partial charge in [-0.05, 0) is 43.9 Å². The molecule has 0 radical (unpaired) electrons. The number of rotatable bonds is 11. The van der Waals surface area contributed by atoms with Gasteiger partial charge in [-0.25, -0.2) is 0 Å². The monoisotopic (exact) mass is 453 g/mol. The number of anilines is 1. The third kappa shape index (κ3) is 6.26. The number of benzene rings is 1. The first-order chi connectivity index (χ1) is 15.0. The number of hydrogen-bond donors (Lipinski definition) is 6. The van der Waals surface area contributed by atoms with Gasteiger partial charge in [0.05, 0.1) is 37.7 Å². The van der Waals surface area contributed by atoms with E-state index in [2.05, 4.69) is 10.6 Å². The summed E-state index contributed by atoms with van der Waals surface area (Å²) in [4.78, 5) is 39.8. The second-order valence-corrected chi connectivity index (χ2v) is 7.55. The minimum atomic E-state index is -1.21. The van der Waals surface area contributed by atoms with Crippen LogP contribution in [0, 0.1) is 13.8 Å². The molecule has 1 rings (SSSR count). The van der Waals surface area contributed by atoms with Crippen LogP contribution in [-0.4, -0.2) is 83.2 Å². The zero-order valence-electron chi connectivity index (χ0n) is 19.4. The van der Waals surface area contributed by atoms with E-state index < -0.39 is 43.1 Å². The molecule has 0 aliphatic rings. The molecule has 3 amide bonds. The Morgan fingerprint density at radius 2 is 1.47 bits per heavy atom. The molecule has 10 heteroatoms. The van der Waals surface area contributed by atoms with Crippen molar-refractivity contribution in [3.05, 3.63) is 27.8 Å². The third-order valence-corrected chi connectivity index (χ3v) is 5.18. The lowest BCUT2D eigenvalue weighted by Gasteiger charge is -2.31. The molecular weight excluding hydrogens is 418 g/mol. The standard InChI is InChI=1S/C22H35N3O7/c1-6-17-19(22(32)23-7-2)12(3)18(21(31)24-8-15(29)10-26)13(4)20(17)25(14(5)28)9-16(30)11-27/h15-16,26-27,29-30H,6-11H2,1-5H3,(H,23,32)(H,24,31). The highest BCUT2D eigenvalue weighted by Crippen LogP contribution is 2.35. The number of hydrogen-bond acceptors (Lipinski definition) is 7. The Hall–Kier alpha value is -2.53. The molecule has 0 heterocycles. The molecule has 180 valence electrons. The molecule has 0 aliphatic carbocycles. The highest BCUT2D eigenvalue weighted by molar-refractivity contribution is 6.08. The van der Waals surface area contributed by atoms with Crippen molar-refractivity contribution in [3.63, 3.8) is 0 Å². The lowest BCUT2D eigenvalue weighted by molar-refractivity contribution is -0.117. The van der Waals surface area contributed by atoms with Crippen LogP contribution in [0.3, 0.4) is 0 Å². The Balaban J connectivity index is 3.86. The van der Waals surface area contributed by atoms with E-state index in [9.17, 15) is 29.7 Å². The summed E-state index contributed by atoms with van der Waals surface area (Å²) in [6.07, 6.45) is -1.99. The largest absolute Gasteiger partial charge is 0.394 e. The van der Waals surface area contributed by atoms with E-state index in [1.165, 1.54) is 11.8 Å². The fourth-order valence-corrected chi connectivity index (χ4v) is 3.71. The SMILES string of the molecule is CCNC(=O)c1c(C)c(C(=O)NCC(O)CO)c(C)c(N(CC(O)CO)C(C)=O)c1CC. The zero-order valence-corrected chi connectivity index (χ0v) is 19.4. The van der Waals surface area contributed by atoms with E-state index in [4.69, 9.17) is 5.11 Å². The van der Waals surface area contributed by atoms with Crippen LogP contribution in [0.15, 0.2) is 0 Å². The van der Waals surface area contributed by atoms with Crippen molar-refractivity contribution in [2.45, 2.75) is 53.2 Å². The first-order valence-electron chi connectivity index (χ1n) is 10.6. The van der Waals surface area contributed by atoms with E-state index in [1.807, 2.05) is 6.92 Å². The Kier molecular flexibility index (Phi) is 10.7. The number of carbonyl (C=O) groups is 3. The topological polar surface area (TPSA) is 159 Å². The minimum Gasteiger partial charge on any atom is -0.394 e. The molecule has 1 aromatic rings. The van der Waals surface area contributed by atoms with E-state index in [1.54, 1.807) is 20.8 Å². The van der Waals surface area contributed by atoms with Crippen LogP contribution in [0.2, 0.25) is 0 Å². The van der Waals surface area contributed by atoms with Crippen molar-refractivity contribution in [2.24, 2.45) is 0 Å². The fraction of sp³-hybridized carbons (Fsp3) is 0.591. The Bertz CT molecular complexity index is 842. The highest BCUT2D eigenvalue weighted by atomic mass is 16.3. The number of nitrogens with zero attached hydrogens (tertiary/aromatic N) is 1. The van der Waals surface area contributed by atoms with Gasteiger partial charge in [0.1, 0.15) is 0 Å². The smallest absolute Gasteiger partial charge is 0.252 e. The maximum atomic E-state index is 13.0. The average Bonchev–Trinajstić information content (AvgIpc) is 2.75. The molecule has 32 heavy (non-hydrogen) atoms. The molecule has 0 saturated carbocycles. The van der Waals surface area contributed by atoms with Gasteiger partial charge in [0.2, 0.25) is 5.91 Å². The average molecular weight is 454 g/mol. The van der Waals surface area contributed by atoms with Crippen molar-refractivity contribution in [1.29, 1.82) is 0 Å². The highest BCUT2D eigenvalue weighted by Gasteiger charge is 2.30. The van der Waals surface area contributed by atoms with Crippen LogP contribution >= 0.6 is 0 Å². The number of aliphatic hydroxyl groups excluding tert-OH is 4. The van der Waals surface area contributed by atoms with Gasteiger partial charge in [-0.1, -0.05) is 6.92 Å². The van der Waals surface area contributed by atoms with E-state index >= 15 is 0 Å². The quantitative estimate of drug-likeness (QED) is 0.261. The van der Waals surface area contributed by atoms with E-state index in [0.717, 1.165) is 0 Å². The van der Waals surface area contributed by atoms with Crippen LogP contribution < -0.4 is 15.5 Å². The molecule has 0 fully saturated rings. The van der Waals surface area contributed by atoms with Crippen LogP contribution in [0.5, 0.6) is 0 Å². The predicted molar refractivity (Wildman–Crippen MR) is 120 cm³/mol. The summed E-state index contributed by atoms with van der Waals surface area (Å²) < 4.78 is 0. The van der Waals surface area contributed by atoms with Gasteiger partial charge in [-0.2, -0.15) is 0 Å². The Morgan fingerprint density at radius 3 is 1.94 bits per heavy atom. The molecule has 0 aliphatic heterocycles. The summed E-state index contributed by atoms with van der Waals surface area (Å²) in [6.45, 7) is 7.00.